The summed E-state index contributed by atoms with van der Waals surface area (Å²) in [6, 6.07) is 11.1. The van der Waals surface area contributed by atoms with Crippen molar-refractivity contribution in [1.82, 2.24) is 10.2 Å². The van der Waals surface area contributed by atoms with Crippen LogP contribution in [-0.2, 0) is 11.2 Å². The molecule has 0 spiro atoms. The number of benzene rings is 2. The minimum atomic E-state index is -0.326. The van der Waals surface area contributed by atoms with Crippen LogP contribution in [0.3, 0.4) is 0 Å². The van der Waals surface area contributed by atoms with Crippen molar-refractivity contribution in [3.05, 3.63) is 53.1 Å². The molecule has 0 radical (unpaired) electrons. The molecule has 0 amide bonds. The van der Waals surface area contributed by atoms with E-state index in [9.17, 15) is 4.79 Å². The molecule has 0 fully saturated rings. The minimum absolute atomic E-state index is 0.326. The Morgan fingerprint density at radius 3 is 2.54 bits per heavy atom. The van der Waals surface area contributed by atoms with Gasteiger partial charge in [0.15, 0.2) is 17.3 Å². The molecule has 2 aromatic carbocycles. The van der Waals surface area contributed by atoms with Gasteiger partial charge in [-0.2, -0.15) is 5.10 Å². The highest BCUT2D eigenvalue weighted by Crippen LogP contribution is 2.44. The third kappa shape index (κ3) is 3.05. The molecule has 0 unspecified atom stereocenters. The van der Waals surface area contributed by atoms with E-state index in [1.165, 1.54) is 0 Å². The Morgan fingerprint density at radius 1 is 1.14 bits per heavy atom. The first kappa shape index (κ1) is 17.9. The van der Waals surface area contributed by atoms with Gasteiger partial charge in [-0.3, -0.25) is 5.10 Å². The largest absolute Gasteiger partial charge is 0.493 e. The molecule has 4 rings (SSSR count). The van der Waals surface area contributed by atoms with Crippen LogP contribution in [0.25, 0.3) is 11.3 Å². The van der Waals surface area contributed by atoms with Gasteiger partial charge in [0, 0.05) is 23.2 Å². The number of carbonyl (C=O) groups excluding carboxylic acids is 1. The number of fused-ring (bicyclic) bond motifs is 3. The Morgan fingerprint density at radius 2 is 1.86 bits per heavy atom. The van der Waals surface area contributed by atoms with Crippen LogP contribution in [0.1, 0.15) is 28.4 Å². The maximum absolute atomic E-state index is 11.8. The summed E-state index contributed by atoms with van der Waals surface area (Å²) in [7, 11) is 3.26. The van der Waals surface area contributed by atoms with E-state index in [-0.39, 0.29) is 5.97 Å². The highest BCUT2D eigenvalue weighted by Gasteiger charge is 2.26. The van der Waals surface area contributed by atoms with Gasteiger partial charge in [0.2, 0.25) is 0 Å². The highest BCUT2D eigenvalue weighted by atomic mass is 16.5. The number of H-pyrrole nitrogens is 1. The van der Waals surface area contributed by atoms with E-state index in [2.05, 4.69) is 15.5 Å². The number of methoxy groups -OCH3 is 2. The Balaban J connectivity index is 1.58. The highest BCUT2D eigenvalue weighted by molar-refractivity contribution is 5.90. The molecule has 28 heavy (non-hydrogen) atoms. The lowest BCUT2D eigenvalue weighted by molar-refractivity contribution is 0.0526. The van der Waals surface area contributed by atoms with Gasteiger partial charge in [-0.15, -0.1) is 0 Å². The average Bonchev–Trinajstić information content (AvgIpc) is 3.27. The molecule has 1 aromatic heterocycles. The Labute approximate surface area is 162 Å². The molecule has 0 saturated carbocycles. The molecule has 0 aliphatic heterocycles. The van der Waals surface area contributed by atoms with Gasteiger partial charge in [0.1, 0.15) is 0 Å². The van der Waals surface area contributed by atoms with Gasteiger partial charge in [0.25, 0.3) is 0 Å². The fourth-order valence-corrected chi connectivity index (χ4v) is 3.39. The summed E-state index contributed by atoms with van der Waals surface area (Å²) in [5.74, 6) is 1.83. The summed E-state index contributed by atoms with van der Waals surface area (Å²) in [6.07, 6.45) is 0.741. The van der Waals surface area contributed by atoms with Crippen LogP contribution >= 0.6 is 0 Å². The molecule has 0 saturated heterocycles. The standard InChI is InChI=1S/C21H21N3O4/c1-4-28-21(25)12-5-7-14(8-6-12)22-20-16-9-13-10-17(26-2)18(27-3)11-15(13)19(16)23-24-20/h5-8,10-11H,4,9H2,1-3H3,(H2,22,23,24). The van der Waals surface area contributed by atoms with Gasteiger partial charge in [-0.1, -0.05) is 0 Å². The zero-order valence-corrected chi connectivity index (χ0v) is 16.0. The lowest BCUT2D eigenvalue weighted by Crippen LogP contribution is -2.04. The SMILES string of the molecule is CCOC(=O)c1ccc(Nc2n[nH]c3c2Cc2cc(OC)c(OC)cc2-3)cc1. The number of esters is 1. The maximum atomic E-state index is 11.8. The molecule has 144 valence electrons. The molecule has 1 aliphatic carbocycles. The number of nitrogens with zero attached hydrogens (tertiary/aromatic N) is 1. The monoisotopic (exact) mass is 379 g/mol. The molecule has 0 bridgehead atoms. The van der Waals surface area contributed by atoms with E-state index in [0.717, 1.165) is 40.3 Å². The van der Waals surface area contributed by atoms with E-state index in [4.69, 9.17) is 14.2 Å². The van der Waals surface area contributed by atoms with Crippen molar-refractivity contribution < 1.29 is 19.0 Å². The Hall–Kier alpha value is -3.48. The van der Waals surface area contributed by atoms with Gasteiger partial charge in [-0.25, -0.2) is 4.79 Å². The number of nitrogens with one attached hydrogen (secondary N) is 2. The van der Waals surface area contributed by atoms with Gasteiger partial charge in [-0.05, 0) is 48.9 Å². The summed E-state index contributed by atoms with van der Waals surface area (Å²) in [4.78, 5) is 11.8. The summed E-state index contributed by atoms with van der Waals surface area (Å²) in [5, 5.41) is 10.8. The molecule has 7 heteroatoms. The number of ether oxygens (including phenoxy) is 3. The molecular weight excluding hydrogens is 358 g/mol. The van der Waals surface area contributed by atoms with E-state index in [1.54, 1.807) is 33.3 Å². The summed E-state index contributed by atoms with van der Waals surface area (Å²) < 4.78 is 15.8. The van der Waals surface area contributed by atoms with Crippen molar-refractivity contribution >= 4 is 17.5 Å². The molecule has 3 aromatic rings. The van der Waals surface area contributed by atoms with E-state index >= 15 is 0 Å². The van der Waals surface area contributed by atoms with E-state index < -0.39 is 0 Å². The fourth-order valence-electron chi connectivity index (χ4n) is 3.39. The summed E-state index contributed by atoms with van der Waals surface area (Å²) >= 11 is 0. The van der Waals surface area contributed by atoms with Crippen molar-refractivity contribution in [2.24, 2.45) is 0 Å². The molecule has 7 nitrogen and oxygen atoms in total. The van der Waals surface area contributed by atoms with Crippen molar-refractivity contribution in [2.75, 3.05) is 26.1 Å². The van der Waals surface area contributed by atoms with Crippen molar-refractivity contribution in [1.29, 1.82) is 0 Å². The minimum Gasteiger partial charge on any atom is -0.493 e. The first-order valence-corrected chi connectivity index (χ1v) is 9.01. The molecule has 1 heterocycles. The van der Waals surface area contributed by atoms with Crippen molar-refractivity contribution in [3.63, 3.8) is 0 Å². The Bertz CT molecular complexity index is 1020. The van der Waals surface area contributed by atoms with E-state index in [0.29, 0.717) is 23.7 Å². The zero-order chi connectivity index (χ0) is 19.7. The molecule has 1 aliphatic rings. The first-order valence-electron chi connectivity index (χ1n) is 9.01. The maximum Gasteiger partial charge on any atom is 0.338 e. The van der Waals surface area contributed by atoms with Crippen LogP contribution in [0.5, 0.6) is 11.5 Å². The predicted octanol–water partition coefficient (Wildman–Crippen LogP) is 3.92. The van der Waals surface area contributed by atoms with Crippen LogP contribution < -0.4 is 14.8 Å². The predicted molar refractivity (Wildman–Crippen MR) is 106 cm³/mol. The van der Waals surface area contributed by atoms with Crippen molar-refractivity contribution in [2.45, 2.75) is 13.3 Å². The number of anilines is 2. The summed E-state index contributed by atoms with van der Waals surface area (Å²) in [5.41, 5.74) is 5.63. The van der Waals surface area contributed by atoms with Crippen LogP contribution in [-0.4, -0.2) is 37.0 Å². The van der Waals surface area contributed by atoms with Crippen molar-refractivity contribution in [3.8, 4) is 22.8 Å². The molecule has 0 atom stereocenters. The number of aromatic nitrogens is 2. The third-order valence-corrected chi connectivity index (χ3v) is 4.77. The van der Waals surface area contributed by atoms with Gasteiger partial charge in [0.05, 0.1) is 32.1 Å². The third-order valence-electron chi connectivity index (χ3n) is 4.77. The van der Waals surface area contributed by atoms with Gasteiger partial charge >= 0.3 is 5.97 Å². The average molecular weight is 379 g/mol. The second-order valence-corrected chi connectivity index (χ2v) is 6.39. The number of rotatable bonds is 6. The normalized spacial score (nSPS) is 11.5. The number of carbonyl (C=O) groups is 1. The smallest absolute Gasteiger partial charge is 0.338 e. The second kappa shape index (κ2) is 7.26. The number of hydrogen-bond donors (Lipinski definition) is 2. The fraction of sp³-hybridized carbons (Fsp3) is 0.238. The zero-order valence-electron chi connectivity index (χ0n) is 16.0. The molecular formula is C21H21N3O4. The van der Waals surface area contributed by atoms with Crippen LogP contribution in [0.2, 0.25) is 0 Å². The lowest BCUT2D eigenvalue weighted by Gasteiger charge is -2.10. The quantitative estimate of drug-likeness (QED) is 0.494. The topological polar surface area (TPSA) is 85.5 Å². The molecule has 2 N–H and O–H groups in total. The number of hydrogen-bond acceptors (Lipinski definition) is 6. The first-order chi connectivity index (χ1) is 13.6. The van der Waals surface area contributed by atoms with Gasteiger partial charge < -0.3 is 19.5 Å². The Kier molecular flexibility index (Phi) is 4.65. The summed E-state index contributed by atoms with van der Waals surface area (Å²) in [6.45, 7) is 2.14. The lowest BCUT2D eigenvalue weighted by atomic mass is 10.1. The van der Waals surface area contributed by atoms with Crippen LogP contribution in [0, 0.1) is 0 Å². The van der Waals surface area contributed by atoms with E-state index in [1.807, 2.05) is 24.3 Å². The number of aromatic amines is 1. The van der Waals surface area contributed by atoms with Crippen LogP contribution in [0.15, 0.2) is 36.4 Å². The second-order valence-electron chi connectivity index (χ2n) is 6.39. The van der Waals surface area contributed by atoms with Crippen LogP contribution in [0.4, 0.5) is 11.5 Å².